The standard InChI is InChI=1S/C12H8F4N2/c1-6-2-3-7(4-8(6)13)17-12-10(15)5-9(14)11(16)18-12/h2-5H,1H3,(H,17,18). The van der Waals surface area contributed by atoms with Crippen LogP contribution < -0.4 is 5.32 Å². The van der Waals surface area contributed by atoms with Crippen molar-refractivity contribution in [3.8, 4) is 0 Å². The molecule has 0 fully saturated rings. The molecule has 0 aliphatic carbocycles. The van der Waals surface area contributed by atoms with E-state index >= 15 is 0 Å². The lowest BCUT2D eigenvalue weighted by Gasteiger charge is -2.07. The molecule has 94 valence electrons. The summed E-state index contributed by atoms with van der Waals surface area (Å²) >= 11 is 0. The molecule has 0 atom stereocenters. The van der Waals surface area contributed by atoms with Crippen LogP contribution in [0.4, 0.5) is 29.1 Å². The van der Waals surface area contributed by atoms with Gasteiger partial charge in [-0.05, 0) is 24.6 Å². The summed E-state index contributed by atoms with van der Waals surface area (Å²) in [4.78, 5) is 3.07. The molecule has 0 aliphatic rings. The second kappa shape index (κ2) is 4.64. The molecule has 0 aliphatic heterocycles. The second-order valence-corrected chi connectivity index (χ2v) is 3.68. The molecule has 0 saturated heterocycles. The fourth-order valence-electron chi connectivity index (χ4n) is 1.34. The van der Waals surface area contributed by atoms with Gasteiger partial charge in [0.2, 0.25) is 0 Å². The summed E-state index contributed by atoms with van der Waals surface area (Å²) in [6, 6.07) is 4.42. The van der Waals surface area contributed by atoms with Crippen molar-refractivity contribution in [2.75, 3.05) is 5.32 Å². The average Bonchev–Trinajstić information content (AvgIpc) is 2.31. The lowest BCUT2D eigenvalue weighted by molar-refractivity contribution is 0.467. The number of hydrogen-bond donors (Lipinski definition) is 1. The fourth-order valence-corrected chi connectivity index (χ4v) is 1.34. The summed E-state index contributed by atoms with van der Waals surface area (Å²) in [5.74, 6) is -4.87. The molecule has 0 amide bonds. The Morgan fingerprint density at radius 3 is 2.33 bits per heavy atom. The molecule has 2 rings (SSSR count). The minimum absolute atomic E-state index is 0.190. The second-order valence-electron chi connectivity index (χ2n) is 3.68. The van der Waals surface area contributed by atoms with Crippen molar-refractivity contribution in [1.29, 1.82) is 0 Å². The van der Waals surface area contributed by atoms with E-state index in [4.69, 9.17) is 0 Å². The van der Waals surface area contributed by atoms with Gasteiger partial charge in [0, 0.05) is 11.8 Å². The SMILES string of the molecule is Cc1ccc(Nc2nc(F)c(F)cc2F)cc1F. The van der Waals surface area contributed by atoms with Gasteiger partial charge < -0.3 is 5.32 Å². The number of halogens is 4. The van der Waals surface area contributed by atoms with Gasteiger partial charge in [-0.15, -0.1) is 0 Å². The zero-order valence-corrected chi connectivity index (χ0v) is 9.27. The lowest BCUT2D eigenvalue weighted by Crippen LogP contribution is -2.02. The van der Waals surface area contributed by atoms with Crippen molar-refractivity contribution in [3.63, 3.8) is 0 Å². The highest BCUT2D eigenvalue weighted by Crippen LogP contribution is 2.21. The molecule has 0 radical (unpaired) electrons. The number of rotatable bonds is 2. The molecule has 0 bridgehead atoms. The maximum absolute atomic E-state index is 13.3. The van der Waals surface area contributed by atoms with Crippen LogP contribution in [-0.4, -0.2) is 4.98 Å². The molecule has 1 aromatic heterocycles. The summed E-state index contributed by atoms with van der Waals surface area (Å²) in [5.41, 5.74) is 0.606. The number of anilines is 2. The number of nitrogens with one attached hydrogen (secondary N) is 1. The number of aromatic nitrogens is 1. The maximum Gasteiger partial charge on any atom is 0.251 e. The van der Waals surface area contributed by atoms with E-state index in [2.05, 4.69) is 10.3 Å². The van der Waals surface area contributed by atoms with Gasteiger partial charge in [0.15, 0.2) is 17.5 Å². The third-order valence-electron chi connectivity index (χ3n) is 2.32. The van der Waals surface area contributed by atoms with Gasteiger partial charge in [-0.2, -0.15) is 9.37 Å². The minimum atomic E-state index is -1.42. The topological polar surface area (TPSA) is 24.9 Å². The number of benzene rings is 1. The summed E-state index contributed by atoms with van der Waals surface area (Å²) in [6.07, 6.45) is 0. The molecule has 2 nitrogen and oxygen atoms in total. The smallest absolute Gasteiger partial charge is 0.251 e. The Morgan fingerprint density at radius 1 is 0.944 bits per heavy atom. The first-order chi connectivity index (χ1) is 8.47. The number of nitrogens with zero attached hydrogens (tertiary/aromatic N) is 1. The first-order valence-electron chi connectivity index (χ1n) is 5.02. The molecule has 2 aromatic rings. The van der Waals surface area contributed by atoms with Gasteiger partial charge in [-0.1, -0.05) is 6.07 Å². The fraction of sp³-hybridized carbons (Fsp3) is 0.0833. The summed E-state index contributed by atoms with van der Waals surface area (Å²) in [6.45, 7) is 1.56. The van der Waals surface area contributed by atoms with E-state index < -0.39 is 29.2 Å². The van der Waals surface area contributed by atoms with Gasteiger partial charge in [0.1, 0.15) is 5.82 Å². The van der Waals surface area contributed by atoms with Gasteiger partial charge in [0.25, 0.3) is 5.95 Å². The monoisotopic (exact) mass is 256 g/mol. The zero-order valence-electron chi connectivity index (χ0n) is 9.27. The Morgan fingerprint density at radius 2 is 1.67 bits per heavy atom. The number of hydrogen-bond acceptors (Lipinski definition) is 2. The Labute approximate surface area is 100 Å². The normalized spacial score (nSPS) is 10.5. The predicted molar refractivity (Wildman–Crippen MR) is 58.5 cm³/mol. The third kappa shape index (κ3) is 2.42. The van der Waals surface area contributed by atoms with Crippen molar-refractivity contribution in [2.24, 2.45) is 0 Å². The van der Waals surface area contributed by atoms with Crippen LogP contribution in [-0.2, 0) is 0 Å². The molecule has 18 heavy (non-hydrogen) atoms. The first kappa shape index (κ1) is 12.3. The highest BCUT2D eigenvalue weighted by Gasteiger charge is 2.12. The molecule has 1 N–H and O–H groups in total. The van der Waals surface area contributed by atoms with Crippen LogP contribution in [0, 0.1) is 30.3 Å². The van der Waals surface area contributed by atoms with E-state index in [-0.39, 0.29) is 5.69 Å². The Balaban J connectivity index is 2.34. The van der Waals surface area contributed by atoms with E-state index in [9.17, 15) is 17.6 Å². The largest absolute Gasteiger partial charge is 0.338 e. The Bertz CT molecular complexity index is 599. The molecule has 1 aromatic carbocycles. The van der Waals surface area contributed by atoms with Crippen LogP contribution in [0.25, 0.3) is 0 Å². The molecule has 6 heteroatoms. The van der Waals surface area contributed by atoms with Crippen molar-refractivity contribution in [2.45, 2.75) is 6.92 Å². The molecule has 0 unspecified atom stereocenters. The first-order valence-corrected chi connectivity index (χ1v) is 5.02. The Hall–Kier alpha value is -2.11. The van der Waals surface area contributed by atoms with E-state index in [1.54, 1.807) is 6.92 Å². The van der Waals surface area contributed by atoms with Crippen LogP contribution in [0.5, 0.6) is 0 Å². The van der Waals surface area contributed by atoms with Gasteiger partial charge in [0.05, 0.1) is 0 Å². The van der Waals surface area contributed by atoms with E-state index in [1.165, 1.54) is 12.1 Å². The van der Waals surface area contributed by atoms with Gasteiger partial charge >= 0.3 is 0 Å². The highest BCUT2D eigenvalue weighted by molar-refractivity contribution is 5.57. The summed E-state index contributed by atoms with van der Waals surface area (Å²) in [7, 11) is 0. The third-order valence-corrected chi connectivity index (χ3v) is 2.32. The van der Waals surface area contributed by atoms with Crippen molar-refractivity contribution in [1.82, 2.24) is 4.98 Å². The van der Waals surface area contributed by atoms with E-state index in [1.807, 2.05) is 0 Å². The predicted octanol–water partition coefficient (Wildman–Crippen LogP) is 3.69. The van der Waals surface area contributed by atoms with Crippen LogP contribution in [0.2, 0.25) is 0 Å². The maximum atomic E-state index is 13.3. The average molecular weight is 256 g/mol. The van der Waals surface area contributed by atoms with Gasteiger partial charge in [-0.3, -0.25) is 0 Å². The van der Waals surface area contributed by atoms with Crippen LogP contribution >= 0.6 is 0 Å². The van der Waals surface area contributed by atoms with Gasteiger partial charge in [-0.25, -0.2) is 13.2 Å². The molecular formula is C12H8F4N2. The summed E-state index contributed by atoms with van der Waals surface area (Å²) < 4.78 is 52.0. The Kier molecular flexibility index (Phi) is 3.18. The van der Waals surface area contributed by atoms with E-state index in [0.717, 1.165) is 6.07 Å². The number of aryl methyl sites for hydroxylation is 1. The van der Waals surface area contributed by atoms with E-state index in [0.29, 0.717) is 11.6 Å². The zero-order chi connectivity index (χ0) is 13.3. The molecule has 1 heterocycles. The van der Waals surface area contributed by atoms with Crippen molar-refractivity contribution < 1.29 is 17.6 Å². The van der Waals surface area contributed by atoms with Crippen molar-refractivity contribution in [3.05, 3.63) is 53.2 Å². The highest BCUT2D eigenvalue weighted by atomic mass is 19.2. The minimum Gasteiger partial charge on any atom is -0.338 e. The van der Waals surface area contributed by atoms with Crippen LogP contribution in [0.3, 0.4) is 0 Å². The lowest BCUT2D eigenvalue weighted by atomic mass is 10.2. The molecule has 0 spiro atoms. The van der Waals surface area contributed by atoms with Crippen LogP contribution in [0.15, 0.2) is 24.3 Å². The molecular weight excluding hydrogens is 248 g/mol. The van der Waals surface area contributed by atoms with Crippen molar-refractivity contribution >= 4 is 11.5 Å². The molecule has 0 saturated carbocycles. The number of pyridine rings is 1. The summed E-state index contributed by atoms with van der Waals surface area (Å²) in [5, 5.41) is 2.38. The van der Waals surface area contributed by atoms with Crippen LogP contribution in [0.1, 0.15) is 5.56 Å². The quantitative estimate of drug-likeness (QED) is 0.654.